The van der Waals surface area contributed by atoms with Crippen molar-refractivity contribution in [2.75, 3.05) is 20.1 Å². The van der Waals surface area contributed by atoms with Crippen LogP contribution in [0.2, 0.25) is 0 Å². The summed E-state index contributed by atoms with van der Waals surface area (Å²) in [5.41, 5.74) is 1.55. The average molecular weight is 410 g/mol. The van der Waals surface area contributed by atoms with Crippen LogP contribution in [0.3, 0.4) is 0 Å². The third kappa shape index (κ3) is 5.97. The molecule has 0 N–H and O–H groups in total. The number of carbonyl (C=O) groups is 1. The van der Waals surface area contributed by atoms with Gasteiger partial charge in [0, 0.05) is 37.5 Å². The number of aldehydes is 1. The summed E-state index contributed by atoms with van der Waals surface area (Å²) in [6.07, 6.45) is 6.99. The third-order valence-electron chi connectivity index (χ3n) is 5.11. The highest BCUT2D eigenvalue weighted by molar-refractivity contribution is 5.84. The second-order valence-corrected chi connectivity index (χ2v) is 7.41. The normalized spacial score (nSPS) is 15.7. The molecule has 0 bridgehead atoms. The van der Waals surface area contributed by atoms with E-state index < -0.39 is 5.67 Å². The summed E-state index contributed by atoms with van der Waals surface area (Å²) in [6.45, 7) is 1.61. The Morgan fingerprint density at radius 3 is 2.43 bits per heavy atom. The fourth-order valence-electron chi connectivity index (χ4n) is 3.32. The molecule has 2 aromatic heterocycles. The molecule has 1 aliphatic rings. The van der Waals surface area contributed by atoms with Gasteiger partial charge in [-0.15, -0.1) is 0 Å². The van der Waals surface area contributed by atoms with E-state index in [1.165, 1.54) is 18.5 Å². The number of halogens is 2. The molecular formula is C23H24F2N4O. The lowest BCUT2D eigenvalue weighted by molar-refractivity contribution is 0.0697. The second kappa shape index (κ2) is 10.1. The second-order valence-electron chi connectivity index (χ2n) is 7.41. The highest BCUT2D eigenvalue weighted by Gasteiger charge is 2.33. The van der Waals surface area contributed by atoms with Crippen molar-refractivity contribution >= 4 is 6.29 Å². The standard InChI is InChI=1S/C13H17F2N.C10H7N3O/c1-16-8-6-13(15,7-9-16)10-11-2-4-12(14)5-3-11;14-6-8-2-1-4-12-10(8)9-3-5-11-7-13-9/h2-5H,6-10H2,1H3;1-7H. The van der Waals surface area contributed by atoms with Gasteiger partial charge in [-0.3, -0.25) is 9.78 Å². The first-order valence-electron chi connectivity index (χ1n) is 9.77. The van der Waals surface area contributed by atoms with E-state index in [0.717, 1.165) is 24.9 Å². The monoisotopic (exact) mass is 410 g/mol. The maximum Gasteiger partial charge on any atom is 0.152 e. The molecule has 1 aromatic carbocycles. The fraction of sp³-hybridized carbons (Fsp3) is 0.304. The Balaban J connectivity index is 0.000000172. The summed E-state index contributed by atoms with van der Waals surface area (Å²) < 4.78 is 27.1. The van der Waals surface area contributed by atoms with Gasteiger partial charge in [-0.25, -0.2) is 18.7 Å². The number of hydrogen-bond acceptors (Lipinski definition) is 5. The Morgan fingerprint density at radius 2 is 1.80 bits per heavy atom. The van der Waals surface area contributed by atoms with Crippen molar-refractivity contribution in [1.29, 1.82) is 0 Å². The van der Waals surface area contributed by atoms with Gasteiger partial charge in [0.2, 0.25) is 0 Å². The number of aromatic nitrogens is 3. The van der Waals surface area contributed by atoms with Crippen LogP contribution in [0, 0.1) is 5.82 Å². The van der Waals surface area contributed by atoms with E-state index >= 15 is 0 Å². The highest BCUT2D eigenvalue weighted by atomic mass is 19.1. The van der Waals surface area contributed by atoms with Gasteiger partial charge in [-0.2, -0.15) is 0 Å². The molecule has 3 heterocycles. The van der Waals surface area contributed by atoms with Gasteiger partial charge in [0.15, 0.2) is 6.29 Å². The third-order valence-corrected chi connectivity index (χ3v) is 5.11. The molecule has 7 heteroatoms. The lowest BCUT2D eigenvalue weighted by Gasteiger charge is -2.34. The predicted molar refractivity (Wildman–Crippen MR) is 111 cm³/mol. The largest absolute Gasteiger partial charge is 0.306 e. The summed E-state index contributed by atoms with van der Waals surface area (Å²) in [5, 5.41) is 0. The molecule has 0 atom stereocenters. The SMILES string of the molecule is CN1CCC(F)(Cc2ccc(F)cc2)CC1.O=Cc1cccnc1-c1ccncn1. The molecule has 3 aromatic rings. The quantitative estimate of drug-likeness (QED) is 0.605. The van der Waals surface area contributed by atoms with Crippen LogP contribution in [0.15, 0.2) is 61.2 Å². The van der Waals surface area contributed by atoms with E-state index in [0.29, 0.717) is 36.2 Å². The van der Waals surface area contributed by atoms with Gasteiger partial charge in [0.1, 0.15) is 17.8 Å². The Labute approximate surface area is 174 Å². The first-order valence-corrected chi connectivity index (χ1v) is 9.77. The van der Waals surface area contributed by atoms with Crippen molar-refractivity contribution < 1.29 is 13.6 Å². The number of pyridine rings is 1. The van der Waals surface area contributed by atoms with Gasteiger partial charge in [0.25, 0.3) is 0 Å². The number of hydrogen-bond donors (Lipinski definition) is 0. The average Bonchev–Trinajstić information content (AvgIpc) is 2.79. The van der Waals surface area contributed by atoms with Crippen molar-refractivity contribution in [3.63, 3.8) is 0 Å². The summed E-state index contributed by atoms with van der Waals surface area (Å²) >= 11 is 0. The maximum absolute atomic E-state index is 14.4. The van der Waals surface area contributed by atoms with Crippen LogP contribution in [0.25, 0.3) is 11.4 Å². The van der Waals surface area contributed by atoms with Gasteiger partial charge >= 0.3 is 0 Å². The van der Waals surface area contributed by atoms with Crippen molar-refractivity contribution in [1.82, 2.24) is 19.9 Å². The number of benzene rings is 1. The maximum atomic E-state index is 14.4. The molecule has 0 radical (unpaired) electrons. The Kier molecular flexibility index (Phi) is 7.30. The molecule has 1 fully saturated rings. The first kappa shape index (κ1) is 21.6. The Hall–Kier alpha value is -3.06. The van der Waals surface area contributed by atoms with E-state index in [1.807, 2.05) is 7.05 Å². The fourth-order valence-corrected chi connectivity index (χ4v) is 3.32. The minimum Gasteiger partial charge on any atom is -0.306 e. The van der Waals surface area contributed by atoms with Gasteiger partial charge in [0.05, 0.1) is 11.4 Å². The first-order chi connectivity index (χ1) is 14.5. The van der Waals surface area contributed by atoms with E-state index in [2.05, 4.69) is 19.9 Å². The minimum atomic E-state index is -1.11. The zero-order valence-electron chi connectivity index (χ0n) is 16.8. The molecule has 30 heavy (non-hydrogen) atoms. The number of likely N-dealkylation sites (tertiary alicyclic amines) is 1. The lowest BCUT2D eigenvalue weighted by atomic mass is 9.87. The van der Waals surface area contributed by atoms with Crippen LogP contribution in [-0.4, -0.2) is 51.9 Å². The molecule has 0 aliphatic carbocycles. The molecular weight excluding hydrogens is 386 g/mol. The van der Waals surface area contributed by atoms with Crippen LogP contribution in [0.1, 0.15) is 28.8 Å². The topological polar surface area (TPSA) is 59.0 Å². The summed E-state index contributed by atoms with van der Waals surface area (Å²) in [7, 11) is 2.01. The molecule has 0 unspecified atom stereocenters. The molecule has 4 rings (SSSR count). The van der Waals surface area contributed by atoms with Crippen molar-refractivity contribution in [3.8, 4) is 11.4 Å². The van der Waals surface area contributed by atoms with Crippen molar-refractivity contribution in [2.24, 2.45) is 0 Å². The summed E-state index contributed by atoms with van der Waals surface area (Å²) in [5.74, 6) is -0.264. The van der Waals surface area contributed by atoms with Crippen molar-refractivity contribution in [3.05, 3.63) is 78.1 Å². The van der Waals surface area contributed by atoms with E-state index in [4.69, 9.17) is 0 Å². The van der Waals surface area contributed by atoms with Gasteiger partial charge in [-0.05, 0) is 55.8 Å². The van der Waals surface area contributed by atoms with Gasteiger partial charge in [-0.1, -0.05) is 12.1 Å². The highest BCUT2D eigenvalue weighted by Crippen LogP contribution is 2.29. The van der Waals surface area contributed by atoms with E-state index in [1.54, 1.807) is 42.7 Å². The number of rotatable bonds is 4. The summed E-state index contributed by atoms with van der Waals surface area (Å²) in [4.78, 5) is 24.8. The number of nitrogens with zero attached hydrogens (tertiary/aromatic N) is 4. The Bertz CT molecular complexity index is 943. The lowest BCUT2D eigenvalue weighted by Crippen LogP contribution is -2.41. The smallest absolute Gasteiger partial charge is 0.152 e. The number of piperidine rings is 1. The molecule has 5 nitrogen and oxygen atoms in total. The van der Waals surface area contributed by atoms with Crippen LogP contribution in [-0.2, 0) is 6.42 Å². The van der Waals surface area contributed by atoms with Crippen LogP contribution in [0.4, 0.5) is 8.78 Å². The van der Waals surface area contributed by atoms with E-state index in [9.17, 15) is 13.6 Å². The summed E-state index contributed by atoms with van der Waals surface area (Å²) in [6, 6.07) is 11.3. The molecule has 1 saturated heterocycles. The molecule has 1 aliphatic heterocycles. The molecule has 0 spiro atoms. The number of alkyl halides is 1. The molecule has 0 amide bonds. The van der Waals surface area contributed by atoms with Gasteiger partial charge < -0.3 is 4.90 Å². The van der Waals surface area contributed by atoms with Crippen LogP contribution < -0.4 is 0 Å². The number of carbonyl (C=O) groups excluding carboxylic acids is 1. The molecule has 156 valence electrons. The molecule has 0 saturated carbocycles. The Morgan fingerprint density at radius 1 is 1.07 bits per heavy atom. The van der Waals surface area contributed by atoms with E-state index in [-0.39, 0.29) is 5.82 Å². The minimum absolute atomic E-state index is 0.264. The van der Waals surface area contributed by atoms with Crippen molar-refractivity contribution in [2.45, 2.75) is 24.9 Å². The zero-order chi connectivity index (χ0) is 21.4. The van der Waals surface area contributed by atoms with Crippen LogP contribution in [0.5, 0.6) is 0 Å². The zero-order valence-corrected chi connectivity index (χ0v) is 16.8. The predicted octanol–water partition coefficient (Wildman–Crippen LogP) is 4.15. The van der Waals surface area contributed by atoms with Crippen LogP contribution >= 0.6 is 0 Å².